The maximum absolute atomic E-state index is 5.88. The Kier molecular flexibility index (Phi) is 5.17. The van der Waals surface area contributed by atoms with Gasteiger partial charge in [-0.25, -0.2) is 4.68 Å². The van der Waals surface area contributed by atoms with E-state index in [-0.39, 0.29) is 6.04 Å². The van der Waals surface area contributed by atoms with Crippen LogP contribution < -0.4 is 14.8 Å². The lowest BCUT2D eigenvalue weighted by molar-refractivity contribution is 0.340. The van der Waals surface area contributed by atoms with Gasteiger partial charge >= 0.3 is 0 Å². The minimum absolute atomic E-state index is 0.185. The van der Waals surface area contributed by atoms with Gasteiger partial charge in [-0.1, -0.05) is 18.2 Å². The standard InChI is InChI=1S/C23H25N3O2/c1-16(22-14-25-26(17(22)2)20-7-5-4-6-8-20)24-13-18-11-19-12-21(27-3)9-10-23(19)28-15-18/h4-12,14,16,24H,13,15H2,1-3H3. The van der Waals surface area contributed by atoms with Crippen LogP contribution in [-0.2, 0) is 0 Å². The third-order valence-corrected chi connectivity index (χ3v) is 5.14. The molecule has 0 fully saturated rings. The predicted molar refractivity (Wildman–Crippen MR) is 111 cm³/mol. The van der Waals surface area contributed by atoms with Crippen LogP contribution >= 0.6 is 0 Å². The minimum atomic E-state index is 0.185. The Hall–Kier alpha value is -3.05. The summed E-state index contributed by atoms with van der Waals surface area (Å²) in [7, 11) is 1.68. The van der Waals surface area contributed by atoms with E-state index in [1.807, 2.05) is 47.3 Å². The fourth-order valence-electron chi connectivity index (χ4n) is 3.50. The zero-order valence-electron chi connectivity index (χ0n) is 16.5. The Morgan fingerprint density at radius 2 is 2.04 bits per heavy atom. The summed E-state index contributed by atoms with van der Waals surface area (Å²) in [4.78, 5) is 0. The fraction of sp³-hybridized carbons (Fsp3) is 0.261. The van der Waals surface area contributed by atoms with Gasteiger partial charge in [0, 0.05) is 29.4 Å². The van der Waals surface area contributed by atoms with Crippen molar-refractivity contribution in [1.29, 1.82) is 0 Å². The molecule has 28 heavy (non-hydrogen) atoms. The number of hydrogen-bond donors (Lipinski definition) is 1. The average molecular weight is 375 g/mol. The summed E-state index contributed by atoms with van der Waals surface area (Å²) in [6.45, 7) is 5.63. The van der Waals surface area contributed by atoms with Crippen LogP contribution in [0.2, 0.25) is 0 Å². The lowest BCUT2D eigenvalue weighted by Crippen LogP contribution is -2.24. The zero-order chi connectivity index (χ0) is 19.5. The van der Waals surface area contributed by atoms with Crippen LogP contribution in [0.4, 0.5) is 0 Å². The van der Waals surface area contributed by atoms with Crippen molar-refractivity contribution < 1.29 is 9.47 Å². The molecule has 0 aliphatic carbocycles. The quantitative estimate of drug-likeness (QED) is 0.697. The molecule has 0 saturated heterocycles. The highest BCUT2D eigenvalue weighted by Crippen LogP contribution is 2.30. The molecule has 5 heteroatoms. The van der Waals surface area contributed by atoms with Crippen LogP contribution in [0, 0.1) is 6.92 Å². The van der Waals surface area contributed by atoms with Gasteiger partial charge in [0.2, 0.25) is 0 Å². The first-order chi connectivity index (χ1) is 13.7. The molecule has 1 atom stereocenters. The van der Waals surface area contributed by atoms with E-state index in [0.29, 0.717) is 6.61 Å². The fourth-order valence-corrected chi connectivity index (χ4v) is 3.50. The number of hydrogen-bond acceptors (Lipinski definition) is 4. The van der Waals surface area contributed by atoms with Crippen molar-refractivity contribution in [2.45, 2.75) is 19.9 Å². The van der Waals surface area contributed by atoms with Gasteiger partial charge in [0.25, 0.3) is 0 Å². The van der Waals surface area contributed by atoms with Crippen LogP contribution in [0.3, 0.4) is 0 Å². The molecular formula is C23H25N3O2. The molecule has 0 spiro atoms. The summed E-state index contributed by atoms with van der Waals surface area (Å²) in [5.74, 6) is 1.74. The third kappa shape index (κ3) is 3.66. The normalized spacial score (nSPS) is 14.0. The van der Waals surface area contributed by atoms with E-state index in [1.165, 1.54) is 11.1 Å². The monoisotopic (exact) mass is 375 g/mol. The first-order valence-corrected chi connectivity index (χ1v) is 9.49. The number of ether oxygens (including phenoxy) is 2. The Balaban J connectivity index is 1.46. The number of fused-ring (bicyclic) bond motifs is 1. The van der Waals surface area contributed by atoms with Gasteiger partial charge in [0.15, 0.2) is 0 Å². The van der Waals surface area contributed by atoms with E-state index in [1.54, 1.807) is 7.11 Å². The highest BCUT2D eigenvalue weighted by Gasteiger charge is 2.16. The van der Waals surface area contributed by atoms with Crippen LogP contribution in [0.15, 0.2) is 60.3 Å². The molecule has 0 radical (unpaired) electrons. The van der Waals surface area contributed by atoms with Crippen molar-refractivity contribution in [2.75, 3.05) is 20.3 Å². The molecule has 5 nitrogen and oxygen atoms in total. The lowest BCUT2D eigenvalue weighted by Gasteiger charge is -2.21. The smallest absolute Gasteiger partial charge is 0.127 e. The summed E-state index contributed by atoms with van der Waals surface area (Å²) in [6, 6.07) is 16.3. The Bertz CT molecular complexity index is 992. The Labute approximate surface area is 165 Å². The topological polar surface area (TPSA) is 48.3 Å². The van der Waals surface area contributed by atoms with E-state index < -0.39 is 0 Å². The van der Waals surface area contributed by atoms with Gasteiger partial charge in [0.05, 0.1) is 19.0 Å². The van der Waals surface area contributed by atoms with Gasteiger partial charge in [-0.3, -0.25) is 0 Å². The molecule has 1 N–H and O–H groups in total. The highest BCUT2D eigenvalue weighted by atomic mass is 16.5. The summed E-state index contributed by atoms with van der Waals surface area (Å²) >= 11 is 0. The Morgan fingerprint density at radius 3 is 2.82 bits per heavy atom. The summed E-state index contributed by atoms with van der Waals surface area (Å²) < 4.78 is 13.2. The lowest BCUT2D eigenvalue weighted by atomic mass is 10.1. The SMILES string of the molecule is COc1ccc2c(c1)C=C(CNC(C)c1cnn(-c3ccccc3)c1C)CO2. The van der Waals surface area contributed by atoms with Crippen molar-refractivity contribution in [3.63, 3.8) is 0 Å². The third-order valence-electron chi connectivity index (χ3n) is 5.14. The van der Waals surface area contributed by atoms with E-state index in [0.717, 1.165) is 35.0 Å². The van der Waals surface area contributed by atoms with Crippen molar-refractivity contribution in [3.8, 4) is 17.2 Å². The first-order valence-electron chi connectivity index (χ1n) is 9.49. The molecule has 0 amide bonds. The number of nitrogens with one attached hydrogen (secondary N) is 1. The first kappa shape index (κ1) is 18.3. The molecule has 1 aliphatic heterocycles. The van der Waals surface area contributed by atoms with Crippen LogP contribution in [0.5, 0.6) is 11.5 Å². The second-order valence-corrected chi connectivity index (χ2v) is 7.03. The molecule has 0 saturated carbocycles. The van der Waals surface area contributed by atoms with Crippen LogP contribution in [0.25, 0.3) is 11.8 Å². The second-order valence-electron chi connectivity index (χ2n) is 7.03. The molecule has 2 aromatic carbocycles. The maximum Gasteiger partial charge on any atom is 0.127 e. The van der Waals surface area contributed by atoms with E-state index in [2.05, 4.69) is 42.5 Å². The van der Waals surface area contributed by atoms with Gasteiger partial charge in [0.1, 0.15) is 18.1 Å². The van der Waals surface area contributed by atoms with Crippen molar-refractivity contribution in [2.24, 2.45) is 0 Å². The molecule has 1 aromatic heterocycles. The number of rotatable bonds is 6. The second kappa shape index (κ2) is 7.90. The summed E-state index contributed by atoms with van der Waals surface area (Å²) in [5, 5.41) is 8.17. The molecule has 0 bridgehead atoms. The highest BCUT2D eigenvalue weighted by molar-refractivity contribution is 5.64. The van der Waals surface area contributed by atoms with E-state index in [9.17, 15) is 0 Å². The van der Waals surface area contributed by atoms with Gasteiger partial charge in [-0.2, -0.15) is 5.10 Å². The van der Waals surface area contributed by atoms with Gasteiger partial charge < -0.3 is 14.8 Å². The molecule has 3 aromatic rings. The summed E-state index contributed by atoms with van der Waals surface area (Å²) in [5.41, 5.74) is 5.69. The van der Waals surface area contributed by atoms with Crippen LogP contribution in [-0.4, -0.2) is 30.0 Å². The average Bonchev–Trinajstić information content (AvgIpc) is 3.13. The number of para-hydroxylation sites is 1. The number of nitrogens with zero attached hydrogens (tertiary/aromatic N) is 2. The summed E-state index contributed by atoms with van der Waals surface area (Å²) in [6.07, 6.45) is 4.13. The molecular weight excluding hydrogens is 350 g/mol. The minimum Gasteiger partial charge on any atom is -0.497 e. The van der Waals surface area contributed by atoms with Crippen molar-refractivity contribution in [3.05, 3.63) is 77.1 Å². The molecule has 1 unspecified atom stereocenters. The van der Waals surface area contributed by atoms with Gasteiger partial charge in [-0.05, 0) is 55.8 Å². The predicted octanol–water partition coefficient (Wildman–Crippen LogP) is 4.32. The van der Waals surface area contributed by atoms with Gasteiger partial charge in [-0.15, -0.1) is 0 Å². The van der Waals surface area contributed by atoms with E-state index in [4.69, 9.17) is 9.47 Å². The number of benzene rings is 2. The Morgan fingerprint density at radius 1 is 1.21 bits per heavy atom. The zero-order valence-corrected chi connectivity index (χ0v) is 16.5. The molecule has 1 aliphatic rings. The van der Waals surface area contributed by atoms with Crippen LogP contribution in [0.1, 0.15) is 29.8 Å². The molecule has 2 heterocycles. The van der Waals surface area contributed by atoms with E-state index >= 15 is 0 Å². The van der Waals surface area contributed by atoms with Crippen molar-refractivity contribution >= 4 is 6.08 Å². The molecule has 4 rings (SSSR count). The number of aromatic nitrogens is 2. The largest absolute Gasteiger partial charge is 0.497 e. The van der Waals surface area contributed by atoms with Crippen molar-refractivity contribution in [1.82, 2.24) is 15.1 Å². The maximum atomic E-state index is 5.88. The number of methoxy groups -OCH3 is 1. The molecule has 144 valence electrons.